The average Bonchev–Trinajstić information content (AvgIpc) is 3.15. The van der Waals surface area contributed by atoms with Crippen LogP contribution < -0.4 is 21.3 Å². The lowest BCUT2D eigenvalue weighted by Gasteiger charge is -2.24. The molecule has 0 aliphatic carbocycles. The number of imide groups is 1. The van der Waals surface area contributed by atoms with Crippen LogP contribution in [0.1, 0.15) is 66.4 Å². The van der Waals surface area contributed by atoms with Crippen molar-refractivity contribution in [2.45, 2.75) is 79.5 Å². The van der Waals surface area contributed by atoms with Crippen LogP contribution >= 0.6 is 0 Å². The number of hydrogen-bond donors (Lipinski definition) is 4. The predicted octanol–water partition coefficient (Wildman–Crippen LogP) is 2.33. The molecule has 3 unspecified atom stereocenters. The fourth-order valence-electron chi connectivity index (χ4n) is 4.06. The molecule has 1 fully saturated rings. The molecule has 4 N–H and O–H groups in total. The van der Waals surface area contributed by atoms with Gasteiger partial charge in [0.2, 0.25) is 29.5 Å². The topological polar surface area (TPSA) is 163 Å². The molecule has 1 aromatic rings. The largest absolute Gasteiger partial charge is 0.445 e. The van der Waals surface area contributed by atoms with Crippen molar-refractivity contribution in [3.05, 3.63) is 29.8 Å². The second kappa shape index (κ2) is 15.7. The number of ether oxygens (including phenoxy) is 1. The molecule has 1 aliphatic heterocycles. The summed E-state index contributed by atoms with van der Waals surface area (Å²) in [6.07, 6.45) is 0.553. The summed E-state index contributed by atoms with van der Waals surface area (Å²) in [6, 6.07) is 5.03. The number of carbonyl (C=O) groups is 6. The second-order valence-electron chi connectivity index (χ2n) is 11.1. The molecule has 226 valence electrons. The molecule has 1 aromatic carbocycles. The van der Waals surface area contributed by atoms with E-state index in [0.717, 1.165) is 11.3 Å². The van der Waals surface area contributed by atoms with Crippen LogP contribution in [-0.4, -0.2) is 65.7 Å². The van der Waals surface area contributed by atoms with Crippen molar-refractivity contribution >= 4 is 41.3 Å². The molecule has 6 amide bonds. The molecule has 0 bridgehead atoms. The van der Waals surface area contributed by atoms with Gasteiger partial charge in [0.1, 0.15) is 18.7 Å². The van der Waals surface area contributed by atoms with E-state index in [2.05, 4.69) is 21.3 Å². The quantitative estimate of drug-likeness (QED) is 0.248. The van der Waals surface area contributed by atoms with Crippen molar-refractivity contribution in [3.63, 3.8) is 0 Å². The Labute approximate surface area is 241 Å². The summed E-state index contributed by atoms with van der Waals surface area (Å²) in [6.45, 7) is 11.1. The average molecular weight is 574 g/mol. The SMILES string of the molecule is CC(C)CCC(=O)NC(C(=O)NC(C)C(=O)Nc1ccc(COC(=O)NCCN2C(=O)CC(C)C2=O)cc1)C(C)C. The molecule has 0 saturated carbocycles. The minimum absolute atomic E-state index is 0.0232. The molecule has 0 aromatic heterocycles. The van der Waals surface area contributed by atoms with Crippen molar-refractivity contribution in [3.8, 4) is 0 Å². The van der Waals surface area contributed by atoms with Gasteiger partial charge in [-0.05, 0) is 42.9 Å². The molecular formula is C29H43N5O7. The van der Waals surface area contributed by atoms with Crippen LogP contribution in [0.5, 0.6) is 0 Å². The van der Waals surface area contributed by atoms with Gasteiger partial charge in [-0.25, -0.2) is 4.79 Å². The summed E-state index contributed by atoms with van der Waals surface area (Å²) >= 11 is 0. The summed E-state index contributed by atoms with van der Waals surface area (Å²) in [7, 11) is 0. The lowest BCUT2D eigenvalue weighted by molar-refractivity contribution is -0.139. The number of nitrogens with zero attached hydrogens (tertiary/aromatic N) is 1. The summed E-state index contributed by atoms with van der Waals surface area (Å²) < 4.78 is 5.16. The Morgan fingerprint density at radius 3 is 2.20 bits per heavy atom. The van der Waals surface area contributed by atoms with Gasteiger partial charge in [-0.3, -0.25) is 28.9 Å². The van der Waals surface area contributed by atoms with Crippen molar-refractivity contribution in [2.24, 2.45) is 17.8 Å². The molecule has 3 atom stereocenters. The fraction of sp³-hybridized carbons (Fsp3) is 0.586. The maximum atomic E-state index is 12.8. The Kier molecular flexibility index (Phi) is 12.8. The van der Waals surface area contributed by atoms with Crippen molar-refractivity contribution in [2.75, 3.05) is 18.4 Å². The van der Waals surface area contributed by atoms with E-state index in [-0.39, 0.29) is 55.7 Å². The Morgan fingerprint density at radius 2 is 1.63 bits per heavy atom. The predicted molar refractivity (Wildman–Crippen MR) is 152 cm³/mol. The van der Waals surface area contributed by atoms with E-state index in [1.807, 2.05) is 27.7 Å². The molecule has 41 heavy (non-hydrogen) atoms. The highest BCUT2D eigenvalue weighted by atomic mass is 16.5. The third-order valence-corrected chi connectivity index (χ3v) is 6.63. The number of carbonyl (C=O) groups excluding carboxylic acids is 6. The number of anilines is 1. The van der Waals surface area contributed by atoms with E-state index in [1.54, 1.807) is 38.1 Å². The Hall–Kier alpha value is -3.96. The number of alkyl carbamates (subject to hydrolysis) is 1. The third kappa shape index (κ3) is 10.8. The van der Waals surface area contributed by atoms with E-state index in [4.69, 9.17) is 4.74 Å². The Morgan fingerprint density at radius 1 is 0.976 bits per heavy atom. The standard InChI is InChI=1S/C29H43N5O7/c1-17(2)7-12-23(35)33-25(18(3)4)27(38)31-20(6)26(37)32-22-10-8-21(9-11-22)16-41-29(40)30-13-14-34-24(36)15-19(5)28(34)39/h8-11,17-20,25H,7,12-16H2,1-6H3,(H,30,40)(H,31,38)(H,32,37)(H,33,35). The van der Waals surface area contributed by atoms with Gasteiger partial charge in [0.15, 0.2) is 0 Å². The van der Waals surface area contributed by atoms with Gasteiger partial charge in [-0.15, -0.1) is 0 Å². The lowest BCUT2D eigenvalue weighted by Crippen LogP contribution is -2.53. The first-order chi connectivity index (χ1) is 19.3. The molecule has 0 spiro atoms. The zero-order chi connectivity index (χ0) is 30.7. The van der Waals surface area contributed by atoms with Crippen LogP contribution in [0.3, 0.4) is 0 Å². The first kappa shape index (κ1) is 33.2. The molecule has 2 rings (SSSR count). The number of hydrogen-bond acceptors (Lipinski definition) is 7. The fourth-order valence-corrected chi connectivity index (χ4v) is 4.06. The first-order valence-electron chi connectivity index (χ1n) is 14.0. The van der Waals surface area contributed by atoms with Gasteiger partial charge < -0.3 is 26.0 Å². The Bertz CT molecular complexity index is 1100. The normalized spacial score (nSPS) is 16.4. The molecule has 1 saturated heterocycles. The van der Waals surface area contributed by atoms with Crippen molar-refractivity contribution in [1.82, 2.24) is 20.9 Å². The minimum Gasteiger partial charge on any atom is -0.445 e. The van der Waals surface area contributed by atoms with Gasteiger partial charge in [-0.2, -0.15) is 0 Å². The van der Waals surface area contributed by atoms with E-state index < -0.39 is 30.0 Å². The number of likely N-dealkylation sites (tertiary alicyclic amines) is 1. The van der Waals surface area contributed by atoms with E-state index in [1.165, 1.54) is 0 Å². The van der Waals surface area contributed by atoms with Gasteiger partial charge >= 0.3 is 6.09 Å². The van der Waals surface area contributed by atoms with Gasteiger partial charge in [0.25, 0.3) is 0 Å². The van der Waals surface area contributed by atoms with E-state index >= 15 is 0 Å². The highest BCUT2D eigenvalue weighted by molar-refractivity contribution is 6.03. The maximum Gasteiger partial charge on any atom is 0.407 e. The molecule has 12 heteroatoms. The van der Waals surface area contributed by atoms with Crippen molar-refractivity contribution < 1.29 is 33.5 Å². The maximum absolute atomic E-state index is 12.8. The van der Waals surface area contributed by atoms with Gasteiger partial charge in [0, 0.05) is 37.5 Å². The van der Waals surface area contributed by atoms with Crippen LogP contribution in [0.2, 0.25) is 0 Å². The molecular weight excluding hydrogens is 530 g/mol. The minimum atomic E-state index is -0.850. The van der Waals surface area contributed by atoms with Crippen LogP contribution in [0.25, 0.3) is 0 Å². The summed E-state index contributed by atoms with van der Waals surface area (Å²) in [5.74, 6) is -1.67. The number of nitrogens with one attached hydrogen (secondary N) is 4. The number of benzene rings is 1. The molecule has 12 nitrogen and oxygen atoms in total. The molecule has 0 radical (unpaired) electrons. The smallest absolute Gasteiger partial charge is 0.407 e. The Balaban J connectivity index is 1.76. The highest BCUT2D eigenvalue weighted by Gasteiger charge is 2.35. The number of amides is 6. The van der Waals surface area contributed by atoms with E-state index in [0.29, 0.717) is 23.6 Å². The summed E-state index contributed by atoms with van der Waals surface area (Å²) in [5, 5.41) is 10.7. The van der Waals surface area contributed by atoms with Crippen molar-refractivity contribution in [1.29, 1.82) is 0 Å². The van der Waals surface area contributed by atoms with E-state index in [9.17, 15) is 28.8 Å². The zero-order valence-corrected chi connectivity index (χ0v) is 24.7. The molecule has 1 aliphatic rings. The zero-order valence-electron chi connectivity index (χ0n) is 24.7. The monoisotopic (exact) mass is 573 g/mol. The van der Waals surface area contributed by atoms with Crippen LogP contribution in [0.4, 0.5) is 10.5 Å². The van der Waals surface area contributed by atoms with Gasteiger partial charge in [0.05, 0.1) is 0 Å². The first-order valence-corrected chi connectivity index (χ1v) is 14.0. The molecule has 1 heterocycles. The summed E-state index contributed by atoms with van der Waals surface area (Å²) in [4.78, 5) is 74.5. The highest BCUT2D eigenvalue weighted by Crippen LogP contribution is 2.18. The van der Waals surface area contributed by atoms with Gasteiger partial charge in [-0.1, -0.05) is 46.8 Å². The summed E-state index contributed by atoms with van der Waals surface area (Å²) in [5.41, 5.74) is 1.16. The third-order valence-electron chi connectivity index (χ3n) is 6.63. The van der Waals surface area contributed by atoms with Crippen LogP contribution in [-0.2, 0) is 35.3 Å². The second-order valence-corrected chi connectivity index (χ2v) is 11.1. The van der Waals surface area contributed by atoms with Crippen LogP contribution in [0, 0.1) is 17.8 Å². The number of rotatable bonds is 14. The lowest BCUT2D eigenvalue weighted by atomic mass is 10.0. The van der Waals surface area contributed by atoms with Crippen LogP contribution in [0.15, 0.2) is 24.3 Å².